The van der Waals surface area contributed by atoms with Gasteiger partial charge in [-0.15, -0.1) is 0 Å². The van der Waals surface area contributed by atoms with E-state index in [0.29, 0.717) is 11.3 Å². The number of carbonyl (C=O) groups is 1. The molecule has 1 aromatic rings. The molecule has 2 rings (SSSR count). The Morgan fingerprint density at radius 1 is 1.42 bits per heavy atom. The van der Waals surface area contributed by atoms with E-state index in [9.17, 15) is 4.79 Å². The van der Waals surface area contributed by atoms with E-state index in [-0.39, 0.29) is 11.9 Å². The summed E-state index contributed by atoms with van der Waals surface area (Å²) < 4.78 is 0. The average Bonchev–Trinajstić information content (AvgIpc) is 2.88. The van der Waals surface area contributed by atoms with Crippen molar-refractivity contribution in [3.8, 4) is 6.07 Å². The van der Waals surface area contributed by atoms with Crippen LogP contribution in [-0.2, 0) is 0 Å². The summed E-state index contributed by atoms with van der Waals surface area (Å²) in [5.74, 6) is 1.45. The SMILES string of the molecule is CC(C)C1CCC(NC(=O)c2c[nH]c(C#N)c2)CC1. The summed E-state index contributed by atoms with van der Waals surface area (Å²) in [6.07, 6.45) is 6.10. The Balaban J connectivity index is 1.86. The summed E-state index contributed by atoms with van der Waals surface area (Å²) >= 11 is 0. The molecule has 4 heteroatoms. The first-order valence-electron chi connectivity index (χ1n) is 6.99. The fourth-order valence-corrected chi connectivity index (χ4v) is 2.79. The van der Waals surface area contributed by atoms with Gasteiger partial charge in [-0.1, -0.05) is 13.8 Å². The number of nitrogens with one attached hydrogen (secondary N) is 2. The molecule has 0 bridgehead atoms. The number of carbonyl (C=O) groups excluding carboxylic acids is 1. The van der Waals surface area contributed by atoms with Gasteiger partial charge in [-0.25, -0.2) is 0 Å². The summed E-state index contributed by atoms with van der Waals surface area (Å²) in [5.41, 5.74) is 0.969. The highest BCUT2D eigenvalue weighted by Crippen LogP contribution is 2.29. The van der Waals surface area contributed by atoms with Crippen molar-refractivity contribution < 1.29 is 4.79 Å². The molecule has 0 radical (unpaired) electrons. The summed E-state index contributed by atoms with van der Waals surface area (Å²) in [6, 6.07) is 3.86. The standard InChI is InChI=1S/C15H21N3O/c1-10(2)11-3-5-13(6-4-11)18-15(19)12-7-14(8-16)17-9-12/h7,9-11,13,17H,3-6H2,1-2H3,(H,18,19). The fourth-order valence-electron chi connectivity index (χ4n) is 2.79. The Labute approximate surface area is 114 Å². The van der Waals surface area contributed by atoms with Crippen molar-refractivity contribution in [1.82, 2.24) is 10.3 Å². The van der Waals surface area contributed by atoms with Crippen molar-refractivity contribution in [2.24, 2.45) is 11.8 Å². The Morgan fingerprint density at radius 3 is 2.63 bits per heavy atom. The Hall–Kier alpha value is -1.76. The molecule has 2 N–H and O–H groups in total. The third kappa shape index (κ3) is 3.37. The minimum atomic E-state index is -0.0780. The summed E-state index contributed by atoms with van der Waals surface area (Å²) in [7, 11) is 0. The molecule has 0 spiro atoms. The highest BCUT2D eigenvalue weighted by molar-refractivity contribution is 5.94. The van der Waals surface area contributed by atoms with Crippen LogP contribution in [0, 0.1) is 23.2 Å². The van der Waals surface area contributed by atoms with Gasteiger partial charge in [-0.2, -0.15) is 5.26 Å². The number of hydrogen-bond donors (Lipinski definition) is 2. The summed E-state index contributed by atoms with van der Waals surface area (Å²) in [6.45, 7) is 4.54. The number of H-pyrrole nitrogens is 1. The van der Waals surface area contributed by atoms with Crippen molar-refractivity contribution in [3.63, 3.8) is 0 Å². The van der Waals surface area contributed by atoms with E-state index < -0.39 is 0 Å². The van der Waals surface area contributed by atoms with Crippen molar-refractivity contribution in [2.75, 3.05) is 0 Å². The zero-order chi connectivity index (χ0) is 13.8. The molecule has 1 amide bonds. The third-order valence-electron chi connectivity index (χ3n) is 4.12. The van der Waals surface area contributed by atoms with E-state index >= 15 is 0 Å². The fraction of sp³-hybridized carbons (Fsp3) is 0.600. The second-order valence-corrected chi connectivity index (χ2v) is 5.74. The quantitative estimate of drug-likeness (QED) is 0.876. The van der Waals surface area contributed by atoms with Gasteiger partial charge in [0.15, 0.2) is 0 Å². The molecule has 19 heavy (non-hydrogen) atoms. The van der Waals surface area contributed by atoms with Crippen molar-refractivity contribution in [2.45, 2.75) is 45.6 Å². The minimum Gasteiger partial charge on any atom is -0.352 e. The zero-order valence-electron chi connectivity index (χ0n) is 11.6. The van der Waals surface area contributed by atoms with Crippen LogP contribution in [0.15, 0.2) is 12.3 Å². The van der Waals surface area contributed by atoms with Gasteiger partial charge in [0.25, 0.3) is 5.91 Å². The number of nitriles is 1. The molecule has 1 aromatic heterocycles. The molecular formula is C15H21N3O. The Kier molecular flexibility index (Phi) is 4.26. The maximum Gasteiger partial charge on any atom is 0.253 e. The van der Waals surface area contributed by atoms with Crippen LogP contribution in [0.1, 0.15) is 55.6 Å². The first kappa shape index (κ1) is 13.7. The second-order valence-electron chi connectivity index (χ2n) is 5.74. The van der Waals surface area contributed by atoms with Crippen LogP contribution in [-0.4, -0.2) is 16.9 Å². The number of hydrogen-bond acceptors (Lipinski definition) is 2. The zero-order valence-corrected chi connectivity index (χ0v) is 11.6. The molecule has 0 saturated heterocycles. The largest absolute Gasteiger partial charge is 0.352 e. The maximum atomic E-state index is 12.0. The van der Waals surface area contributed by atoms with Gasteiger partial charge in [0, 0.05) is 12.2 Å². The van der Waals surface area contributed by atoms with Gasteiger partial charge in [0.2, 0.25) is 0 Å². The molecule has 1 heterocycles. The van der Waals surface area contributed by atoms with Crippen molar-refractivity contribution in [3.05, 3.63) is 23.5 Å². The van der Waals surface area contributed by atoms with Gasteiger partial charge in [-0.3, -0.25) is 4.79 Å². The van der Waals surface area contributed by atoms with Gasteiger partial charge in [-0.05, 0) is 43.6 Å². The minimum absolute atomic E-state index is 0.0780. The molecule has 0 atom stereocenters. The lowest BCUT2D eigenvalue weighted by molar-refractivity contribution is 0.0918. The van der Waals surface area contributed by atoms with Crippen LogP contribution in [0.25, 0.3) is 0 Å². The van der Waals surface area contributed by atoms with Crippen molar-refractivity contribution >= 4 is 5.91 Å². The number of nitrogens with zero attached hydrogens (tertiary/aromatic N) is 1. The van der Waals surface area contributed by atoms with Crippen LogP contribution in [0.4, 0.5) is 0 Å². The first-order valence-corrected chi connectivity index (χ1v) is 6.99. The highest BCUT2D eigenvalue weighted by atomic mass is 16.1. The Bertz CT molecular complexity index is 476. The van der Waals surface area contributed by atoms with Crippen LogP contribution in [0.3, 0.4) is 0 Å². The monoisotopic (exact) mass is 259 g/mol. The predicted octanol–water partition coefficient (Wildman–Crippen LogP) is 2.83. The molecule has 0 unspecified atom stereocenters. The number of aromatic nitrogens is 1. The van der Waals surface area contributed by atoms with E-state index in [4.69, 9.17) is 5.26 Å². The molecule has 102 valence electrons. The lowest BCUT2D eigenvalue weighted by Crippen LogP contribution is -2.38. The van der Waals surface area contributed by atoms with Crippen molar-refractivity contribution in [1.29, 1.82) is 5.26 Å². The average molecular weight is 259 g/mol. The maximum absolute atomic E-state index is 12.0. The molecule has 1 fully saturated rings. The van der Waals surface area contributed by atoms with Gasteiger partial charge >= 0.3 is 0 Å². The molecule has 1 aliphatic carbocycles. The first-order chi connectivity index (χ1) is 9.10. The van der Waals surface area contributed by atoms with Gasteiger partial charge in [0.1, 0.15) is 11.8 Å². The van der Waals surface area contributed by atoms with E-state index in [0.717, 1.165) is 24.7 Å². The van der Waals surface area contributed by atoms with Crippen LogP contribution in [0.5, 0.6) is 0 Å². The molecule has 0 aromatic carbocycles. The highest BCUT2D eigenvalue weighted by Gasteiger charge is 2.24. The summed E-state index contributed by atoms with van der Waals surface area (Å²) in [5, 5.41) is 11.8. The molecule has 1 aliphatic rings. The van der Waals surface area contributed by atoms with Crippen LogP contribution >= 0.6 is 0 Å². The van der Waals surface area contributed by atoms with E-state index in [1.807, 2.05) is 6.07 Å². The molecular weight excluding hydrogens is 238 g/mol. The summed E-state index contributed by atoms with van der Waals surface area (Å²) in [4.78, 5) is 14.8. The van der Waals surface area contributed by atoms with Crippen LogP contribution < -0.4 is 5.32 Å². The van der Waals surface area contributed by atoms with E-state index in [2.05, 4.69) is 24.1 Å². The smallest absolute Gasteiger partial charge is 0.253 e. The van der Waals surface area contributed by atoms with Gasteiger partial charge < -0.3 is 10.3 Å². The second kappa shape index (κ2) is 5.92. The molecule has 1 saturated carbocycles. The molecule has 0 aliphatic heterocycles. The molecule has 4 nitrogen and oxygen atoms in total. The van der Waals surface area contributed by atoms with Crippen LogP contribution in [0.2, 0.25) is 0 Å². The normalized spacial score (nSPS) is 23.1. The lowest BCUT2D eigenvalue weighted by Gasteiger charge is -2.31. The van der Waals surface area contributed by atoms with Gasteiger partial charge in [0.05, 0.1) is 5.56 Å². The Morgan fingerprint density at radius 2 is 2.11 bits per heavy atom. The van der Waals surface area contributed by atoms with E-state index in [1.54, 1.807) is 12.3 Å². The number of amides is 1. The number of aromatic amines is 1. The third-order valence-corrected chi connectivity index (χ3v) is 4.12. The topological polar surface area (TPSA) is 68.7 Å². The van der Waals surface area contributed by atoms with E-state index in [1.165, 1.54) is 12.8 Å². The predicted molar refractivity (Wildman–Crippen MR) is 73.6 cm³/mol. The number of rotatable bonds is 3. The lowest BCUT2D eigenvalue weighted by atomic mass is 9.79.